The Morgan fingerprint density at radius 3 is 2.56 bits per heavy atom. The predicted octanol–water partition coefficient (Wildman–Crippen LogP) is 3.87. The van der Waals surface area contributed by atoms with Crippen LogP contribution in [0, 0.1) is 5.92 Å². The van der Waals surface area contributed by atoms with Crippen LogP contribution in [0.25, 0.3) is 0 Å². The topological polar surface area (TPSA) is 56.7 Å². The smallest absolute Gasteiger partial charge is 0.335 e. The van der Waals surface area contributed by atoms with Crippen LogP contribution >= 0.6 is 0 Å². The first kappa shape index (κ1) is 21.2. The van der Waals surface area contributed by atoms with Crippen molar-refractivity contribution in [3.05, 3.63) is 41.9 Å². The molecule has 1 rings (SSSR count). The van der Waals surface area contributed by atoms with E-state index in [1.165, 1.54) is 6.07 Å². The van der Waals surface area contributed by atoms with Crippen molar-refractivity contribution >= 4 is 5.97 Å². The largest absolute Gasteiger partial charge is 0.478 e. The standard InChI is InChI=1S/C20H33N3O2/c1-7-11-23(8-2)16(5)19(12-15(3)4)22(6)14-18-13-17(20(24)25)9-10-21-18/h9-10,13,15,19H,5,7-8,11-12,14H2,1-4,6H3,(H,24,25)/t19-/m0/s1. The fourth-order valence-electron chi connectivity index (χ4n) is 3.07. The number of carbonyl (C=O) groups is 1. The Kier molecular flexibility index (Phi) is 8.62. The number of nitrogens with zero attached hydrogens (tertiary/aromatic N) is 3. The van der Waals surface area contributed by atoms with E-state index in [-0.39, 0.29) is 11.6 Å². The van der Waals surface area contributed by atoms with Gasteiger partial charge in [0.2, 0.25) is 0 Å². The molecular weight excluding hydrogens is 314 g/mol. The fourth-order valence-corrected chi connectivity index (χ4v) is 3.07. The van der Waals surface area contributed by atoms with E-state index in [0.717, 1.165) is 37.3 Å². The van der Waals surface area contributed by atoms with E-state index in [1.54, 1.807) is 12.3 Å². The highest BCUT2D eigenvalue weighted by molar-refractivity contribution is 5.87. The Labute approximate surface area is 152 Å². The number of hydrogen-bond donors (Lipinski definition) is 1. The summed E-state index contributed by atoms with van der Waals surface area (Å²) in [7, 11) is 2.06. The van der Waals surface area contributed by atoms with E-state index >= 15 is 0 Å². The van der Waals surface area contributed by atoms with E-state index in [4.69, 9.17) is 5.11 Å². The Balaban J connectivity index is 2.96. The van der Waals surface area contributed by atoms with Crippen LogP contribution in [0.15, 0.2) is 30.6 Å². The first-order valence-electron chi connectivity index (χ1n) is 9.12. The first-order chi connectivity index (χ1) is 11.8. The molecule has 140 valence electrons. The molecule has 25 heavy (non-hydrogen) atoms. The third-order valence-electron chi connectivity index (χ3n) is 4.37. The normalized spacial score (nSPS) is 12.4. The first-order valence-corrected chi connectivity index (χ1v) is 9.12. The van der Waals surface area contributed by atoms with Gasteiger partial charge in [-0.3, -0.25) is 9.88 Å². The minimum absolute atomic E-state index is 0.210. The minimum atomic E-state index is -0.922. The summed E-state index contributed by atoms with van der Waals surface area (Å²) in [6.07, 6.45) is 3.66. The summed E-state index contributed by atoms with van der Waals surface area (Å²) in [5, 5.41) is 9.16. The molecule has 1 aromatic rings. The monoisotopic (exact) mass is 347 g/mol. The molecule has 1 N–H and O–H groups in total. The van der Waals surface area contributed by atoms with Gasteiger partial charge >= 0.3 is 5.97 Å². The molecule has 0 spiro atoms. The highest BCUT2D eigenvalue weighted by atomic mass is 16.4. The molecule has 0 aromatic carbocycles. The zero-order valence-corrected chi connectivity index (χ0v) is 16.3. The van der Waals surface area contributed by atoms with Crippen LogP contribution in [0.1, 0.15) is 56.6 Å². The van der Waals surface area contributed by atoms with Crippen molar-refractivity contribution < 1.29 is 9.90 Å². The van der Waals surface area contributed by atoms with Gasteiger partial charge in [0.15, 0.2) is 0 Å². The lowest BCUT2D eigenvalue weighted by molar-refractivity contribution is 0.0696. The van der Waals surface area contributed by atoms with Crippen LogP contribution in [-0.4, -0.2) is 52.0 Å². The average molecular weight is 348 g/mol. The van der Waals surface area contributed by atoms with Gasteiger partial charge in [-0.25, -0.2) is 4.79 Å². The summed E-state index contributed by atoms with van der Waals surface area (Å²) in [5.41, 5.74) is 2.18. The van der Waals surface area contributed by atoms with Crippen molar-refractivity contribution in [3.8, 4) is 0 Å². The molecule has 1 atom stereocenters. The van der Waals surface area contributed by atoms with Crippen LogP contribution in [0.5, 0.6) is 0 Å². The van der Waals surface area contributed by atoms with Gasteiger partial charge in [-0.1, -0.05) is 27.4 Å². The van der Waals surface area contributed by atoms with Gasteiger partial charge in [0.25, 0.3) is 0 Å². The third kappa shape index (κ3) is 6.50. The van der Waals surface area contributed by atoms with E-state index in [0.29, 0.717) is 12.5 Å². The van der Waals surface area contributed by atoms with Gasteiger partial charge in [-0.15, -0.1) is 0 Å². The molecule has 0 unspecified atom stereocenters. The lowest BCUT2D eigenvalue weighted by atomic mass is 9.99. The highest BCUT2D eigenvalue weighted by Crippen LogP contribution is 2.22. The van der Waals surface area contributed by atoms with Gasteiger partial charge < -0.3 is 10.0 Å². The maximum absolute atomic E-state index is 11.2. The molecular formula is C20H33N3O2. The molecule has 0 saturated heterocycles. The van der Waals surface area contributed by atoms with Crippen molar-refractivity contribution in [1.82, 2.24) is 14.8 Å². The molecule has 0 amide bonds. The van der Waals surface area contributed by atoms with E-state index in [2.05, 4.69) is 56.1 Å². The van der Waals surface area contributed by atoms with Crippen LogP contribution in [0.2, 0.25) is 0 Å². The van der Waals surface area contributed by atoms with Crippen LogP contribution in [0.3, 0.4) is 0 Å². The second-order valence-electron chi connectivity index (χ2n) is 6.97. The number of aromatic nitrogens is 1. The summed E-state index contributed by atoms with van der Waals surface area (Å²) in [6.45, 7) is 15.7. The number of carboxylic acid groups (broad SMARTS) is 1. The number of hydrogen-bond acceptors (Lipinski definition) is 4. The number of likely N-dealkylation sites (N-methyl/N-ethyl adjacent to an activating group) is 2. The summed E-state index contributed by atoms with van der Waals surface area (Å²) in [4.78, 5) is 20.1. The van der Waals surface area contributed by atoms with Gasteiger partial charge in [-0.2, -0.15) is 0 Å². The SMILES string of the molecule is C=C([C@H](CC(C)C)N(C)Cc1cc(C(=O)O)ccn1)N(CC)CCC. The highest BCUT2D eigenvalue weighted by Gasteiger charge is 2.23. The second-order valence-corrected chi connectivity index (χ2v) is 6.97. The zero-order chi connectivity index (χ0) is 19.0. The van der Waals surface area contributed by atoms with Crippen LogP contribution < -0.4 is 0 Å². The number of aromatic carboxylic acids is 1. The van der Waals surface area contributed by atoms with E-state index < -0.39 is 5.97 Å². The molecule has 0 radical (unpaired) electrons. The van der Waals surface area contributed by atoms with Gasteiger partial charge in [-0.05, 0) is 44.9 Å². The van der Waals surface area contributed by atoms with Crippen LogP contribution in [-0.2, 0) is 6.54 Å². The Bertz CT molecular complexity index is 572. The maximum atomic E-state index is 11.2. The third-order valence-corrected chi connectivity index (χ3v) is 4.37. The number of rotatable bonds is 11. The van der Waals surface area contributed by atoms with Gasteiger partial charge in [0, 0.05) is 37.6 Å². The van der Waals surface area contributed by atoms with Crippen molar-refractivity contribution in [2.75, 3.05) is 20.1 Å². The number of pyridine rings is 1. The summed E-state index contributed by atoms with van der Waals surface area (Å²) < 4.78 is 0. The van der Waals surface area contributed by atoms with E-state index in [1.807, 2.05) is 0 Å². The second kappa shape index (κ2) is 10.2. The molecule has 1 aromatic heterocycles. The average Bonchev–Trinajstić information content (AvgIpc) is 2.56. The molecule has 0 aliphatic carbocycles. The predicted molar refractivity (Wildman–Crippen MR) is 103 cm³/mol. The van der Waals surface area contributed by atoms with E-state index in [9.17, 15) is 4.79 Å². The Hall–Kier alpha value is -1.88. The van der Waals surface area contributed by atoms with Crippen molar-refractivity contribution in [1.29, 1.82) is 0 Å². The molecule has 0 saturated carbocycles. The molecule has 5 nitrogen and oxygen atoms in total. The molecule has 0 aliphatic heterocycles. The van der Waals surface area contributed by atoms with Crippen molar-refractivity contribution in [2.24, 2.45) is 5.92 Å². The molecule has 0 fully saturated rings. The molecule has 0 aliphatic rings. The van der Waals surface area contributed by atoms with Crippen molar-refractivity contribution in [3.63, 3.8) is 0 Å². The summed E-state index contributed by atoms with van der Waals surface area (Å²) >= 11 is 0. The molecule has 0 bridgehead atoms. The fraction of sp³-hybridized carbons (Fsp3) is 0.600. The van der Waals surface area contributed by atoms with Gasteiger partial charge in [0.1, 0.15) is 0 Å². The summed E-state index contributed by atoms with van der Waals surface area (Å²) in [5.74, 6) is -0.377. The van der Waals surface area contributed by atoms with Gasteiger partial charge in [0.05, 0.1) is 11.3 Å². The number of carboxylic acids is 1. The molecule has 5 heteroatoms. The lowest BCUT2D eigenvalue weighted by Crippen LogP contribution is -2.40. The van der Waals surface area contributed by atoms with Crippen molar-refractivity contribution in [2.45, 2.75) is 53.1 Å². The lowest BCUT2D eigenvalue weighted by Gasteiger charge is -2.37. The Morgan fingerprint density at radius 2 is 2.04 bits per heavy atom. The Morgan fingerprint density at radius 1 is 1.36 bits per heavy atom. The van der Waals surface area contributed by atoms with Crippen LogP contribution in [0.4, 0.5) is 0 Å². The maximum Gasteiger partial charge on any atom is 0.335 e. The quantitative estimate of drug-likeness (QED) is 0.658. The minimum Gasteiger partial charge on any atom is -0.478 e. The zero-order valence-electron chi connectivity index (χ0n) is 16.3. The summed E-state index contributed by atoms with van der Waals surface area (Å²) in [6, 6.07) is 3.38. The molecule has 1 heterocycles.